The van der Waals surface area contributed by atoms with Crippen molar-refractivity contribution in [2.24, 2.45) is 0 Å². The van der Waals surface area contributed by atoms with Gasteiger partial charge in [0.1, 0.15) is 0 Å². The van der Waals surface area contributed by atoms with Crippen molar-refractivity contribution in [3.63, 3.8) is 0 Å². The summed E-state index contributed by atoms with van der Waals surface area (Å²) < 4.78 is 0. The lowest BCUT2D eigenvalue weighted by molar-refractivity contribution is 0.194. The van der Waals surface area contributed by atoms with E-state index in [0.29, 0.717) is 6.04 Å². The van der Waals surface area contributed by atoms with E-state index in [2.05, 4.69) is 17.5 Å². The van der Waals surface area contributed by atoms with Gasteiger partial charge >= 0.3 is 6.03 Å². The summed E-state index contributed by atoms with van der Waals surface area (Å²) >= 11 is 0. The molecule has 1 unspecified atom stereocenters. The van der Waals surface area contributed by atoms with Crippen LogP contribution < -0.4 is 5.32 Å². The van der Waals surface area contributed by atoms with Crippen LogP contribution in [0.3, 0.4) is 0 Å². The number of carbonyl (C=O) groups is 1. The molecule has 1 aliphatic heterocycles. The summed E-state index contributed by atoms with van der Waals surface area (Å²) in [7, 11) is 0. The van der Waals surface area contributed by atoms with E-state index in [0.717, 1.165) is 45.2 Å². The van der Waals surface area contributed by atoms with Gasteiger partial charge in [0, 0.05) is 19.1 Å². The van der Waals surface area contributed by atoms with E-state index in [1.54, 1.807) is 0 Å². The second kappa shape index (κ2) is 5.92. The van der Waals surface area contributed by atoms with E-state index < -0.39 is 0 Å². The van der Waals surface area contributed by atoms with Crippen molar-refractivity contribution in [3.8, 4) is 0 Å². The number of nitrogens with zero attached hydrogens (tertiary/aromatic N) is 1. The highest BCUT2D eigenvalue weighted by molar-refractivity contribution is 5.74. The summed E-state index contributed by atoms with van der Waals surface area (Å²) in [6.45, 7) is 1.88. The highest BCUT2D eigenvalue weighted by atomic mass is 16.2. The van der Waals surface area contributed by atoms with Gasteiger partial charge in [0.2, 0.25) is 0 Å². The molecule has 0 aromatic rings. The largest absolute Gasteiger partial charge is 0.335 e. The molecule has 1 aliphatic carbocycles. The maximum atomic E-state index is 12.0. The normalized spacial score (nSPS) is 26.2. The van der Waals surface area contributed by atoms with Crippen LogP contribution in [0.4, 0.5) is 4.79 Å². The molecule has 0 aromatic heterocycles. The molecule has 3 heteroatoms. The van der Waals surface area contributed by atoms with E-state index >= 15 is 0 Å². The average molecular weight is 222 g/mol. The van der Waals surface area contributed by atoms with Gasteiger partial charge < -0.3 is 10.2 Å². The molecule has 90 valence electrons. The number of amides is 2. The van der Waals surface area contributed by atoms with Gasteiger partial charge in [0.05, 0.1) is 0 Å². The molecule has 1 atom stereocenters. The number of hydrogen-bond acceptors (Lipinski definition) is 1. The van der Waals surface area contributed by atoms with Crippen molar-refractivity contribution in [2.75, 3.05) is 13.1 Å². The van der Waals surface area contributed by atoms with E-state index in [4.69, 9.17) is 0 Å². The fourth-order valence-electron chi connectivity index (χ4n) is 2.46. The molecule has 2 aliphatic rings. The maximum absolute atomic E-state index is 12.0. The second-order valence-electron chi connectivity index (χ2n) is 4.83. The van der Waals surface area contributed by atoms with Crippen molar-refractivity contribution in [1.82, 2.24) is 10.2 Å². The Morgan fingerprint density at radius 1 is 1.12 bits per heavy atom. The molecule has 2 rings (SSSR count). The highest BCUT2D eigenvalue weighted by Crippen LogP contribution is 2.13. The van der Waals surface area contributed by atoms with Crippen molar-refractivity contribution in [1.29, 1.82) is 0 Å². The second-order valence-corrected chi connectivity index (χ2v) is 4.83. The van der Waals surface area contributed by atoms with Crippen molar-refractivity contribution in [2.45, 2.75) is 51.0 Å². The minimum atomic E-state index is 0.155. The summed E-state index contributed by atoms with van der Waals surface area (Å²) in [6, 6.07) is 0.517. The predicted octanol–water partition coefficient (Wildman–Crippen LogP) is 2.68. The summed E-state index contributed by atoms with van der Waals surface area (Å²) in [6.07, 6.45) is 12.5. The molecule has 1 heterocycles. The van der Waals surface area contributed by atoms with Gasteiger partial charge in [-0.15, -0.1) is 0 Å². The zero-order valence-corrected chi connectivity index (χ0v) is 9.95. The van der Waals surface area contributed by atoms with Crippen molar-refractivity contribution < 1.29 is 4.79 Å². The number of hydrogen-bond donors (Lipinski definition) is 1. The Morgan fingerprint density at radius 2 is 1.88 bits per heavy atom. The van der Waals surface area contributed by atoms with Crippen LogP contribution in [0, 0.1) is 0 Å². The van der Waals surface area contributed by atoms with E-state index in [1.165, 1.54) is 12.8 Å². The standard InChI is InChI=1S/C13H22N2O/c16-13(14-12-8-4-3-5-9-12)15-10-6-1-2-7-11-15/h3-4,12H,1-2,5-11H2,(H,14,16). The van der Waals surface area contributed by atoms with Gasteiger partial charge in [-0.25, -0.2) is 4.79 Å². The maximum Gasteiger partial charge on any atom is 0.317 e. The Kier molecular flexibility index (Phi) is 4.25. The zero-order valence-electron chi connectivity index (χ0n) is 9.95. The molecule has 1 N–H and O–H groups in total. The Hall–Kier alpha value is -0.990. The van der Waals surface area contributed by atoms with Crippen LogP contribution in [0.25, 0.3) is 0 Å². The molecule has 0 saturated carbocycles. The topological polar surface area (TPSA) is 32.3 Å². The van der Waals surface area contributed by atoms with Crippen LogP contribution in [0.2, 0.25) is 0 Å². The van der Waals surface area contributed by atoms with Crippen LogP contribution in [0.5, 0.6) is 0 Å². The number of nitrogens with one attached hydrogen (secondary N) is 1. The fraction of sp³-hybridized carbons (Fsp3) is 0.769. The smallest absolute Gasteiger partial charge is 0.317 e. The first-order valence-corrected chi connectivity index (χ1v) is 6.57. The SMILES string of the molecule is O=C(NC1CC=CCC1)N1CCCCCC1. The lowest BCUT2D eigenvalue weighted by Crippen LogP contribution is -2.45. The number of rotatable bonds is 1. The molecule has 0 aromatic carbocycles. The summed E-state index contributed by atoms with van der Waals surface area (Å²) in [5.41, 5.74) is 0. The summed E-state index contributed by atoms with van der Waals surface area (Å²) in [4.78, 5) is 14.0. The van der Waals surface area contributed by atoms with Gasteiger partial charge in [-0.2, -0.15) is 0 Å². The van der Waals surface area contributed by atoms with Crippen LogP contribution in [-0.2, 0) is 0 Å². The van der Waals surface area contributed by atoms with Gasteiger partial charge in [0.15, 0.2) is 0 Å². The third-order valence-corrected chi connectivity index (χ3v) is 3.49. The molecular weight excluding hydrogens is 200 g/mol. The molecular formula is C13H22N2O. The molecule has 1 saturated heterocycles. The quantitative estimate of drug-likeness (QED) is 0.680. The number of likely N-dealkylation sites (tertiary alicyclic amines) is 1. The van der Waals surface area contributed by atoms with E-state index in [-0.39, 0.29) is 6.03 Å². The summed E-state index contributed by atoms with van der Waals surface area (Å²) in [5.74, 6) is 0. The van der Waals surface area contributed by atoms with E-state index in [1.807, 2.05) is 4.90 Å². The summed E-state index contributed by atoms with van der Waals surface area (Å²) in [5, 5.41) is 3.15. The average Bonchev–Trinajstić information content (AvgIpc) is 2.59. The lowest BCUT2D eigenvalue weighted by atomic mass is 10.0. The molecule has 1 fully saturated rings. The number of urea groups is 1. The molecule has 0 spiro atoms. The zero-order chi connectivity index (χ0) is 11.2. The Morgan fingerprint density at radius 3 is 2.50 bits per heavy atom. The number of carbonyl (C=O) groups excluding carboxylic acids is 1. The van der Waals surface area contributed by atoms with Crippen LogP contribution in [0.15, 0.2) is 12.2 Å². The molecule has 3 nitrogen and oxygen atoms in total. The fourth-order valence-corrected chi connectivity index (χ4v) is 2.46. The first-order valence-electron chi connectivity index (χ1n) is 6.57. The van der Waals surface area contributed by atoms with Crippen molar-refractivity contribution in [3.05, 3.63) is 12.2 Å². The number of allylic oxidation sites excluding steroid dienone is 1. The molecule has 2 amide bonds. The van der Waals surface area contributed by atoms with E-state index in [9.17, 15) is 4.79 Å². The molecule has 16 heavy (non-hydrogen) atoms. The Balaban J connectivity index is 1.79. The highest BCUT2D eigenvalue weighted by Gasteiger charge is 2.18. The third kappa shape index (κ3) is 3.26. The van der Waals surface area contributed by atoms with Crippen LogP contribution in [-0.4, -0.2) is 30.1 Å². The van der Waals surface area contributed by atoms with Gasteiger partial charge in [0.25, 0.3) is 0 Å². The Labute approximate surface area is 97.9 Å². The van der Waals surface area contributed by atoms with Crippen LogP contribution in [0.1, 0.15) is 44.9 Å². The first-order chi connectivity index (χ1) is 7.86. The molecule has 0 bridgehead atoms. The monoisotopic (exact) mass is 222 g/mol. The minimum absolute atomic E-state index is 0.155. The lowest BCUT2D eigenvalue weighted by Gasteiger charge is -2.25. The Bertz CT molecular complexity index is 255. The van der Waals surface area contributed by atoms with Gasteiger partial charge in [-0.3, -0.25) is 0 Å². The first kappa shape index (κ1) is 11.5. The van der Waals surface area contributed by atoms with Crippen molar-refractivity contribution >= 4 is 6.03 Å². The predicted molar refractivity (Wildman–Crippen MR) is 65.4 cm³/mol. The van der Waals surface area contributed by atoms with Gasteiger partial charge in [-0.05, 0) is 32.1 Å². The third-order valence-electron chi connectivity index (χ3n) is 3.49. The molecule has 0 radical (unpaired) electrons. The van der Waals surface area contributed by atoms with Gasteiger partial charge in [-0.1, -0.05) is 25.0 Å². The van der Waals surface area contributed by atoms with Crippen LogP contribution >= 0.6 is 0 Å². The minimum Gasteiger partial charge on any atom is -0.335 e.